The number of nitrogens with zero attached hydrogens (tertiary/aromatic N) is 1. The fraction of sp³-hybridized carbons (Fsp3) is 0.909. The number of nitrogens with one attached hydrogen (secondary N) is 1. The molecule has 3 atom stereocenters. The average Bonchev–Trinajstić information content (AvgIpc) is 2.58. The second-order valence-electron chi connectivity index (χ2n) is 4.95. The molecule has 1 saturated carbocycles. The van der Waals surface area contributed by atoms with Crippen LogP contribution in [-0.4, -0.2) is 42.5 Å². The van der Waals surface area contributed by atoms with E-state index in [9.17, 15) is 4.79 Å². The third-order valence-corrected chi connectivity index (χ3v) is 3.57. The van der Waals surface area contributed by atoms with E-state index < -0.39 is 0 Å². The Morgan fingerprint density at radius 1 is 1.33 bits per heavy atom. The molecule has 1 amide bonds. The summed E-state index contributed by atoms with van der Waals surface area (Å²) >= 11 is 0. The van der Waals surface area contributed by atoms with Crippen molar-refractivity contribution >= 4 is 5.91 Å². The molecular formula is C11H21N3O. The fourth-order valence-corrected chi connectivity index (χ4v) is 2.65. The molecule has 0 spiro atoms. The first-order valence-corrected chi connectivity index (χ1v) is 5.90. The zero-order valence-corrected chi connectivity index (χ0v) is 9.41. The molecule has 3 unspecified atom stereocenters. The summed E-state index contributed by atoms with van der Waals surface area (Å²) < 4.78 is 0. The van der Waals surface area contributed by atoms with Crippen LogP contribution in [0.15, 0.2) is 0 Å². The number of carbonyl (C=O) groups is 1. The molecule has 0 aromatic rings. The van der Waals surface area contributed by atoms with Gasteiger partial charge in [-0.2, -0.15) is 0 Å². The van der Waals surface area contributed by atoms with E-state index in [0.29, 0.717) is 24.5 Å². The van der Waals surface area contributed by atoms with Gasteiger partial charge in [0.1, 0.15) is 0 Å². The summed E-state index contributed by atoms with van der Waals surface area (Å²) in [7, 11) is 1.89. The van der Waals surface area contributed by atoms with E-state index in [1.54, 1.807) is 0 Å². The van der Waals surface area contributed by atoms with Crippen LogP contribution in [0.4, 0.5) is 0 Å². The van der Waals surface area contributed by atoms with Crippen LogP contribution in [0.3, 0.4) is 0 Å². The molecule has 86 valence electrons. The van der Waals surface area contributed by atoms with Gasteiger partial charge in [0.05, 0.1) is 0 Å². The van der Waals surface area contributed by atoms with Crippen molar-refractivity contribution in [1.82, 2.24) is 10.2 Å². The molecule has 2 fully saturated rings. The Morgan fingerprint density at radius 2 is 2.13 bits per heavy atom. The maximum absolute atomic E-state index is 11.3. The second-order valence-corrected chi connectivity index (χ2v) is 4.95. The van der Waals surface area contributed by atoms with Gasteiger partial charge >= 0.3 is 0 Å². The van der Waals surface area contributed by atoms with Crippen molar-refractivity contribution in [3.63, 3.8) is 0 Å². The molecule has 0 aromatic heterocycles. The normalized spacial score (nSPS) is 37.3. The van der Waals surface area contributed by atoms with E-state index in [1.807, 2.05) is 11.9 Å². The number of rotatable bonds is 2. The van der Waals surface area contributed by atoms with Crippen LogP contribution in [0.1, 0.15) is 32.1 Å². The van der Waals surface area contributed by atoms with Gasteiger partial charge in [-0.15, -0.1) is 0 Å². The minimum atomic E-state index is 0.274. The van der Waals surface area contributed by atoms with Gasteiger partial charge in [0.15, 0.2) is 0 Å². The Bertz CT molecular complexity index is 244. The summed E-state index contributed by atoms with van der Waals surface area (Å²) in [5.74, 6) is 0.274. The highest BCUT2D eigenvalue weighted by atomic mass is 16.2. The number of carbonyl (C=O) groups excluding carboxylic acids is 1. The first kappa shape index (κ1) is 10.9. The minimum absolute atomic E-state index is 0.274. The van der Waals surface area contributed by atoms with Gasteiger partial charge in [-0.05, 0) is 25.7 Å². The molecule has 2 rings (SSSR count). The Hall–Kier alpha value is -0.610. The van der Waals surface area contributed by atoms with Crippen LogP contribution in [0.5, 0.6) is 0 Å². The Morgan fingerprint density at radius 3 is 2.73 bits per heavy atom. The van der Waals surface area contributed by atoms with Gasteiger partial charge < -0.3 is 16.0 Å². The second kappa shape index (κ2) is 4.49. The summed E-state index contributed by atoms with van der Waals surface area (Å²) in [6.07, 6.45) is 5.09. The summed E-state index contributed by atoms with van der Waals surface area (Å²) in [6, 6.07) is 1.43. The van der Waals surface area contributed by atoms with Crippen LogP contribution in [-0.2, 0) is 4.79 Å². The zero-order valence-electron chi connectivity index (χ0n) is 9.41. The van der Waals surface area contributed by atoms with Crippen molar-refractivity contribution in [3.05, 3.63) is 0 Å². The fourth-order valence-electron chi connectivity index (χ4n) is 2.65. The largest absolute Gasteiger partial charge is 0.344 e. The van der Waals surface area contributed by atoms with E-state index in [-0.39, 0.29) is 5.91 Å². The number of nitrogens with two attached hydrogens (primary N) is 1. The van der Waals surface area contributed by atoms with Crippen LogP contribution in [0.2, 0.25) is 0 Å². The van der Waals surface area contributed by atoms with Gasteiger partial charge in [-0.3, -0.25) is 4.79 Å². The van der Waals surface area contributed by atoms with Crippen molar-refractivity contribution < 1.29 is 4.79 Å². The van der Waals surface area contributed by atoms with Crippen molar-refractivity contribution in [2.75, 3.05) is 13.6 Å². The van der Waals surface area contributed by atoms with E-state index in [2.05, 4.69) is 5.32 Å². The van der Waals surface area contributed by atoms with Gasteiger partial charge in [0.25, 0.3) is 0 Å². The summed E-state index contributed by atoms with van der Waals surface area (Å²) in [5, 5.41) is 3.63. The number of piperidine rings is 1. The quantitative estimate of drug-likeness (QED) is 0.680. The van der Waals surface area contributed by atoms with Gasteiger partial charge in [-0.1, -0.05) is 0 Å². The summed E-state index contributed by atoms with van der Waals surface area (Å²) in [6.45, 7) is 0.852. The van der Waals surface area contributed by atoms with Crippen LogP contribution in [0.25, 0.3) is 0 Å². The number of likely N-dealkylation sites (N-methyl/N-ethyl adjacent to an activating group) is 1. The average molecular weight is 211 g/mol. The molecule has 3 N–H and O–H groups in total. The standard InChI is InChI=1S/C11H21N3O/c1-14-7-10(4-5-11(14)15)13-9-3-2-8(12)6-9/h8-10,13H,2-7,12H2,1H3. The molecule has 2 aliphatic rings. The number of likely N-dealkylation sites (tertiary alicyclic amines) is 1. The lowest BCUT2D eigenvalue weighted by molar-refractivity contribution is -0.132. The zero-order chi connectivity index (χ0) is 10.8. The van der Waals surface area contributed by atoms with E-state index in [1.165, 1.54) is 6.42 Å². The molecule has 1 heterocycles. The molecule has 15 heavy (non-hydrogen) atoms. The predicted molar refractivity (Wildman–Crippen MR) is 59.4 cm³/mol. The highest BCUT2D eigenvalue weighted by molar-refractivity contribution is 5.76. The molecule has 1 aliphatic carbocycles. The summed E-state index contributed by atoms with van der Waals surface area (Å²) in [4.78, 5) is 13.1. The van der Waals surface area contributed by atoms with Crippen molar-refractivity contribution in [3.8, 4) is 0 Å². The third kappa shape index (κ3) is 2.69. The Balaban J connectivity index is 1.78. The highest BCUT2D eigenvalue weighted by Crippen LogP contribution is 2.19. The van der Waals surface area contributed by atoms with Crippen LogP contribution in [0, 0.1) is 0 Å². The monoisotopic (exact) mass is 211 g/mol. The third-order valence-electron chi connectivity index (χ3n) is 3.57. The Kier molecular flexibility index (Phi) is 3.26. The topological polar surface area (TPSA) is 58.4 Å². The lowest BCUT2D eigenvalue weighted by Crippen LogP contribution is -2.49. The van der Waals surface area contributed by atoms with Gasteiger partial charge in [0.2, 0.25) is 5.91 Å². The predicted octanol–water partition coefficient (Wildman–Crippen LogP) is 0.0766. The van der Waals surface area contributed by atoms with E-state index >= 15 is 0 Å². The smallest absolute Gasteiger partial charge is 0.222 e. The van der Waals surface area contributed by atoms with Crippen LogP contribution < -0.4 is 11.1 Å². The van der Waals surface area contributed by atoms with Crippen molar-refractivity contribution in [1.29, 1.82) is 0 Å². The van der Waals surface area contributed by atoms with Crippen LogP contribution >= 0.6 is 0 Å². The lowest BCUT2D eigenvalue weighted by Gasteiger charge is -2.32. The van der Waals surface area contributed by atoms with E-state index in [4.69, 9.17) is 5.73 Å². The molecule has 0 bridgehead atoms. The summed E-state index contributed by atoms with van der Waals surface area (Å²) in [5.41, 5.74) is 5.88. The van der Waals surface area contributed by atoms with Crippen molar-refractivity contribution in [2.45, 2.75) is 50.2 Å². The molecule has 0 radical (unpaired) electrons. The van der Waals surface area contributed by atoms with Crippen molar-refractivity contribution in [2.24, 2.45) is 5.73 Å². The first-order valence-electron chi connectivity index (χ1n) is 5.90. The lowest BCUT2D eigenvalue weighted by atomic mass is 10.0. The molecule has 4 nitrogen and oxygen atoms in total. The number of amides is 1. The molecule has 1 saturated heterocycles. The molecule has 0 aromatic carbocycles. The maximum atomic E-state index is 11.3. The minimum Gasteiger partial charge on any atom is -0.344 e. The SMILES string of the molecule is CN1CC(NC2CCC(N)C2)CCC1=O. The molecular weight excluding hydrogens is 190 g/mol. The molecule has 4 heteroatoms. The number of hydrogen-bond acceptors (Lipinski definition) is 3. The first-order chi connectivity index (χ1) is 7.15. The van der Waals surface area contributed by atoms with Gasteiger partial charge in [0, 0.05) is 38.1 Å². The number of hydrogen-bond donors (Lipinski definition) is 2. The van der Waals surface area contributed by atoms with E-state index in [0.717, 1.165) is 25.8 Å². The molecule has 1 aliphatic heterocycles. The van der Waals surface area contributed by atoms with Gasteiger partial charge in [-0.25, -0.2) is 0 Å². The maximum Gasteiger partial charge on any atom is 0.222 e. The highest BCUT2D eigenvalue weighted by Gasteiger charge is 2.27. The Labute approximate surface area is 91.2 Å².